The first-order valence-corrected chi connectivity index (χ1v) is 8.21. The first-order chi connectivity index (χ1) is 9.10. The minimum Gasteiger partial charge on any atom is -0.481 e. The Morgan fingerprint density at radius 1 is 1.16 bits per heavy atom. The van der Waals surface area contributed by atoms with Gasteiger partial charge in [0.05, 0.1) is 5.92 Å². The summed E-state index contributed by atoms with van der Waals surface area (Å²) in [5.41, 5.74) is 0. The number of hydrogen-bond acceptors (Lipinski definition) is 3. The molecule has 2 fully saturated rings. The summed E-state index contributed by atoms with van der Waals surface area (Å²) in [5, 5.41) is 15.4. The topological polar surface area (TPSA) is 78.4 Å². The van der Waals surface area contributed by atoms with Gasteiger partial charge in [0.2, 0.25) is 0 Å². The summed E-state index contributed by atoms with van der Waals surface area (Å²) in [6.45, 7) is 0. The van der Waals surface area contributed by atoms with Crippen LogP contribution in [0, 0.1) is 5.92 Å². The number of thioether (sulfide) groups is 1. The molecule has 0 spiro atoms. The summed E-state index contributed by atoms with van der Waals surface area (Å²) in [5.74, 6) is -1.04. The summed E-state index contributed by atoms with van der Waals surface area (Å²) in [6.07, 6.45) is 7.44. The van der Waals surface area contributed by atoms with Gasteiger partial charge < -0.3 is 15.7 Å². The second-order valence-electron chi connectivity index (χ2n) is 5.47. The maximum atomic E-state index is 11.9. The van der Waals surface area contributed by atoms with Crippen molar-refractivity contribution in [3.8, 4) is 0 Å². The Hall–Kier alpha value is -0.910. The highest BCUT2D eigenvalue weighted by atomic mass is 32.2. The zero-order valence-corrected chi connectivity index (χ0v) is 12.0. The Morgan fingerprint density at radius 2 is 1.95 bits per heavy atom. The van der Waals surface area contributed by atoms with Gasteiger partial charge in [-0.3, -0.25) is 4.79 Å². The zero-order chi connectivity index (χ0) is 13.8. The van der Waals surface area contributed by atoms with E-state index in [-0.39, 0.29) is 24.0 Å². The molecule has 5 nitrogen and oxygen atoms in total. The molecular formula is C13H22N2O3S. The van der Waals surface area contributed by atoms with Crippen molar-refractivity contribution in [2.45, 2.75) is 55.9 Å². The first-order valence-electron chi connectivity index (χ1n) is 6.92. The molecule has 2 unspecified atom stereocenters. The second-order valence-corrected chi connectivity index (χ2v) is 6.55. The van der Waals surface area contributed by atoms with Gasteiger partial charge in [-0.1, -0.05) is 6.42 Å². The summed E-state index contributed by atoms with van der Waals surface area (Å²) in [6, 6.07) is 0.129. The van der Waals surface area contributed by atoms with Gasteiger partial charge in [0.25, 0.3) is 0 Å². The minimum absolute atomic E-state index is 0.00947. The number of aliphatic carboxylic acids is 1. The Bertz CT molecular complexity index is 351. The molecule has 0 aliphatic heterocycles. The van der Waals surface area contributed by atoms with Crippen LogP contribution in [0.4, 0.5) is 4.79 Å². The fourth-order valence-electron chi connectivity index (χ4n) is 3.11. The van der Waals surface area contributed by atoms with Gasteiger partial charge >= 0.3 is 12.0 Å². The molecule has 6 heteroatoms. The lowest BCUT2D eigenvalue weighted by Gasteiger charge is -2.21. The quantitative estimate of drug-likeness (QED) is 0.736. The minimum atomic E-state index is -0.747. The molecule has 0 heterocycles. The third-order valence-electron chi connectivity index (χ3n) is 4.19. The number of hydrogen-bond donors (Lipinski definition) is 3. The van der Waals surface area contributed by atoms with Gasteiger partial charge in [0.1, 0.15) is 0 Å². The molecule has 0 aromatic heterocycles. The summed E-state index contributed by atoms with van der Waals surface area (Å²) >= 11 is 1.81. The van der Waals surface area contributed by atoms with Gasteiger partial charge in [-0.15, -0.1) is 0 Å². The molecule has 0 saturated heterocycles. The van der Waals surface area contributed by atoms with Crippen molar-refractivity contribution in [2.75, 3.05) is 6.26 Å². The number of carbonyl (C=O) groups excluding carboxylic acids is 1. The van der Waals surface area contributed by atoms with Crippen LogP contribution >= 0.6 is 11.8 Å². The van der Waals surface area contributed by atoms with Crippen molar-refractivity contribution in [3.05, 3.63) is 0 Å². The average molecular weight is 286 g/mol. The van der Waals surface area contributed by atoms with E-state index in [1.54, 1.807) is 0 Å². The lowest BCUT2D eigenvalue weighted by Crippen LogP contribution is -2.47. The van der Waals surface area contributed by atoms with Crippen molar-refractivity contribution in [2.24, 2.45) is 5.92 Å². The molecule has 108 valence electrons. The normalized spacial score (nSPS) is 34.2. The average Bonchev–Trinajstić information content (AvgIpc) is 2.97. The Kier molecular flexibility index (Phi) is 4.96. The largest absolute Gasteiger partial charge is 0.481 e. The first kappa shape index (κ1) is 14.5. The molecule has 19 heavy (non-hydrogen) atoms. The summed E-state index contributed by atoms with van der Waals surface area (Å²) < 4.78 is 0. The molecule has 2 amide bonds. The number of nitrogens with one attached hydrogen (secondary N) is 2. The molecule has 3 N–H and O–H groups in total. The Balaban J connectivity index is 1.74. The fraction of sp³-hybridized carbons (Fsp3) is 0.846. The monoisotopic (exact) mass is 286 g/mol. The standard InChI is InChI=1S/C13H22N2O3S/c1-19-11-4-2-3-10(11)15-13(18)14-9-6-5-8(7-9)12(16)17/h8-11H,2-7H2,1H3,(H,16,17)(H2,14,15,18)/t8-,9+,10?,11?/m1/s1. The van der Waals surface area contributed by atoms with Crippen molar-refractivity contribution < 1.29 is 14.7 Å². The number of carbonyl (C=O) groups is 2. The smallest absolute Gasteiger partial charge is 0.315 e. The van der Waals surface area contributed by atoms with E-state index >= 15 is 0 Å². The van der Waals surface area contributed by atoms with E-state index in [9.17, 15) is 9.59 Å². The molecule has 0 bridgehead atoms. The van der Waals surface area contributed by atoms with E-state index in [0.717, 1.165) is 19.3 Å². The number of rotatable bonds is 4. The van der Waals surface area contributed by atoms with Crippen LogP contribution in [0.2, 0.25) is 0 Å². The van der Waals surface area contributed by atoms with Crippen LogP contribution < -0.4 is 10.6 Å². The van der Waals surface area contributed by atoms with Crippen LogP contribution in [0.5, 0.6) is 0 Å². The van der Waals surface area contributed by atoms with Gasteiger partial charge in [-0.05, 0) is 38.4 Å². The van der Waals surface area contributed by atoms with E-state index in [4.69, 9.17) is 5.11 Å². The highest BCUT2D eigenvalue weighted by molar-refractivity contribution is 7.99. The molecule has 0 radical (unpaired) electrons. The maximum absolute atomic E-state index is 11.9. The van der Waals surface area contributed by atoms with Crippen molar-refractivity contribution >= 4 is 23.8 Å². The molecular weight excluding hydrogens is 264 g/mol. The van der Waals surface area contributed by atoms with E-state index in [2.05, 4.69) is 16.9 Å². The fourth-order valence-corrected chi connectivity index (χ4v) is 4.04. The van der Waals surface area contributed by atoms with E-state index in [1.807, 2.05) is 11.8 Å². The highest BCUT2D eigenvalue weighted by Gasteiger charge is 2.32. The lowest BCUT2D eigenvalue weighted by atomic mass is 10.1. The second kappa shape index (κ2) is 6.50. The van der Waals surface area contributed by atoms with Crippen LogP contribution in [0.15, 0.2) is 0 Å². The van der Waals surface area contributed by atoms with Crippen LogP contribution in [-0.4, -0.2) is 40.7 Å². The van der Waals surface area contributed by atoms with Crippen LogP contribution in [-0.2, 0) is 4.79 Å². The van der Waals surface area contributed by atoms with Crippen LogP contribution in [0.1, 0.15) is 38.5 Å². The Morgan fingerprint density at radius 3 is 2.58 bits per heavy atom. The molecule has 2 aliphatic rings. The number of carboxylic acids is 1. The molecule has 4 atom stereocenters. The van der Waals surface area contributed by atoms with Crippen LogP contribution in [0.25, 0.3) is 0 Å². The van der Waals surface area contributed by atoms with Gasteiger partial charge in [0, 0.05) is 17.3 Å². The molecule has 2 rings (SSSR count). The predicted octanol–water partition coefficient (Wildman–Crippen LogP) is 1.82. The molecule has 0 aromatic carbocycles. The van der Waals surface area contributed by atoms with E-state index in [1.165, 1.54) is 6.42 Å². The van der Waals surface area contributed by atoms with E-state index < -0.39 is 5.97 Å². The molecule has 0 aromatic rings. The zero-order valence-electron chi connectivity index (χ0n) is 11.2. The van der Waals surface area contributed by atoms with Crippen molar-refractivity contribution in [3.63, 3.8) is 0 Å². The number of amides is 2. The van der Waals surface area contributed by atoms with Gasteiger partial charge in [-0.2, -0.15) is 11.8 Å². The lowest BCUT2D eigenvalue weighted by molar-refractivity contribution is -0.141. The van der Waals surface area contributed by atoms with E-state index in [0.29, 0.717) is 18.1 Å². The number of urea groups is 1. The molecule has 2 saturated carbocycles. The predicted molar refractivity (Wildman–Crippen MR) is 75.4 cm³/mol. The molecule has 2 aliphatic carbocycles. The van der Waals surface area contributed by atoms with Crippen molar-refractivity contribution in [1.29, 1.82) is 0 Å². The Labute approximate surface area is 117 Å². The summed E-state index contributed by atoms with van der Waals surface area (Å²) in [7, 11) is 0. The third kappa shape index (κ3) is 3.78. The maximum Gasteiger partial charge on any atom is 0.315 e. The van der Waals surface area contributed by atoms with Crippen molar-refractivity contribution in [1.82, 2.24) is 10.6 Å². The van der Waals surface area contributed by atoms with Crippen LogP contribution in [0.3, 0.4) is 0 Å². The number of carboxylic acid groups (broad SMARTS) is 1. The summed E-state index contributed by atoms with van der Waals surface area (Å²) in [4.78, 5) is 22.8. The SMILES string of the molecule is CSC1CCCC1NC(=O)N[C@H]1CC[C@@H](C(=O)O)C1. The van der Waals surface area contributed by atoms with Gasteiger partial charge in [-0.25, -0.2) is 4.79 Å². The highest BCUT2D eigenvalue weighted by Crippen LogP contribution is 2.28. The third-order valence-corrected chi connectivity index (χ3v) is 5.36. The van der Waals surface area contributed by atoms with Gasteiger partial charge in [0.15, 0.2) is 0 Å².